The average Bonchev–Trinajstić information content (AvgIpc) is 3.16. The summed E-state index contributed by atoms with van der Waals surface area (Å²) in [4.78, 5) is 13.4. The topological polar surface area (TPSA) is 72.7 Å². The summed E-state index contributed by atoms with van der Waals surface area (Å²) in [5.41, 5.74) is 2.57. The molecule has 1 aromatic heterocycles. The number of tetrazole rings is 1. The van der Waals surface area contributed by atoms with E-state index < -0.39 is 0 Å². The lowest BCUT2D eigenvalue weighted by molar-refractivity contribution is -0.116. The minimum Gasteiger partial charge on any atom is -0.326 e. The Balaban J connectivity index is 1.52. The highest BCUT2D eigenvalue weighted by Gasteiger charge is 2.09. The van der Waals surface area contributed by atoms with Gasteiger partial charge in [-0.2, -0.15) is 0 Å². The summed E-state index contributed by atoms with van der Waals surface area (Å²) in [5, 5.41) is 14.2. The molecule has 0 bridgehead atoms. The molecule has 0 spiro atoms. The van der Waals surface area contributed by atoms with E-state index >= 15 is 0 Å². The van der Waals surface area contributed by atoms with Gasteiger partial charge in [-0.05, 0) is 59.4 Å². The molecule has 25 heavy (non-hydrogen) atoms. The zero-order valence-corrected chi connectivity index (χ0v) is 14.7. The number of amides is 1. The smallest absolute Gasteiger partial charge is 0.224 e. The van der Waals surface area contributed by atoms with Crippen LogP contribution < -0.4 is 5.32 Å². The summed E-state index contributed by atoms with van der Waals surface area (Å²) in [6.45, 7) is 1.94. The van der Waals surface area contributed by atoms with Crippen LogP contribution in [-0.2, 0) is 4.79 Å². The first-order valence-corrected chi connectivity index (χ1v) is 9.03. The normalized spacial score (nSPS) is 10.6. The summed E-state index contributed by atoms with van der Waals surface area (Å²) < 4.78 is 1.58. The highest BCUT2D eigenvalue weighted by Crippen LogP contribution is 2.22. The number of hydrogen-bond acceptors (Lipinski definition) is 5. The number of carbonyl (C=O) groups is 1. The molecule has 2 aromatic carbocycles. The first kappa shape index (κ1) is 17.2. The monoisotopic (exact) mass is 353 g/mol. The van der Waals surface area contributed by atoms with Gasteiger partial charge in [0.2, 0.25) is 5.91 Å². The molecule has 1 heterocycles. The van der Waals surface area contributed by atoms with Gasteiger partial charge in [0.25, 0.3) is 0 Å². The molecular weight excluding hydrogens is 334 g/mol. The van der Waals surface area contributed by atoms with Crippen LogP contribution in [0.2, 0.25) is 0 Å². The molecule has 0 saturated heterocycles. The third kappa shape index (κ3) is 4.67. The second-order valence-corrected chi connectivity index (χ2v) is 6.69. The van der Waals surface area contributed by atoms with Gasteiger partial charge in [-0.15, -0.1) is 16.9 Å². The lowest BCUT2D eigenvalue weighted by Crippen LogP contribution is -2.13. The molecule has 6 nitrogen and oxygen atoms in total. The van der Waals surface area contributed by atoms with Crippen LogP contribution in [0.25, 0.3) is 5.69 Å². The molecule has 0 saturated carbocycles. The maximum atomic E-state index is 12.2. The molecule has 1 N–H and O–H groups in total. The SMILES string of the molecule is Cc1c(NC(=O)CCCSc2ccccc2)cccc1-n1cnnn1. The summed E-state index contributed by atoms with van der Waals surface area (Å²) >= 11 is 1.77. The van der Waals surface area contributed by atoms with Gasteiger partial charge in [-0.1, -0.05) is 24.3 Å². The number of hydrogen-bond donors (Lipinski definition) is 1. The zero-order chi connectivity index (χ0) is 17.5. The summed E-state index contributed by atoms with van der Waals surface area (Å²) in [6, 6.07) is 15.9. The van der Waals surface area contributed by atoms with Crippen molar-refractivity contribution in [2.24, 2.45) is 0 Å². The van der Waals surface area contributed by atoms with Gasteiger partial charge in [0.15, 0.2) is 0 Å². The number of aromatic nitrogens is 4. The molecule has 128 valence electrons. The van der Waals surface area contributed by atoms with Crippen molar-refractivity contribution in [2.75, 3.05) is 11.1 Å². The molecule has 0 unspecified atom stereocenters. The van der Waals surface area contributed by atoms with Crippen molar-refractivity contribution in [3.63, 3.8) is 0 Å². The fraction of sp³-hybridized carbons (Fsp3) is 0.222. The van der Waals surface area contributed by atoms with Crippen LogP contribution >= 0.6 is 11.8 Å². The van der Waals surface area contributed by atoms with Crippen molar-refractivity contribution >= 4 is 23.4 Å². The zero-order valence-electron chi connectivity index (χ0n) is 13.9. The third-order valence-corrected chi connectivity index (χ3v) is 4.83. The van der Waals surface area contributed by atoms with Crippen LogP contribution in [0.1, 0.15) is 18.4 Å². The van der Waals surface area contributed by atoms with Gasteiger partial charge in [0.1, 0.15) is 6.33 Å². The van der Waals surface area contributed by atoms with Crippen LogP contribution in [0.5, 0.6) is 0 Å². The van der Waals surface area contributed by atoms with Crippen LogP contribution in [0, 0.1) is 6.92 Å². The predicted octanol–water partition coefficient (Wildman–Crippen LogP) is 3.48. The standard InChI is InChI=1S/C18H19N5OS/c1-14-16(9-5-10-17(14)23-13-19-21-22-23)20-18(24)11-6-12-25-15-7-3-2-4-8-15/h2-5,7-10,13H,6,11-12H2,1H3,(H,20,24). The number of rotatable bonds is 7. The Morgan fingerprint density at radius 1 is 1.16 bits per heavy atom. The largest absolute Gasteiger partial charge is 0.326 e. The Labute approximate surface area is 150 Å². The van der Waals surface area contributed by atoms with Gasteiger partial charge in [-0.3, -0.25) is 4.79 Å². The van der Waals surface area contributed by atoms with Crippen molar-refractivity contribution in [1.29, 1.82) is 0 Å². The maximum Gasteiger partial charge on any atom is 0.224 e. The number of thioether (sulfide) groups is 1. The van der Waals surface area contributed by atoms with E-state index in [-0.39, 0.29) is 5.91 Å². The van der Waals surface area contributed by atoms with E-state index in [4.69, 9.17) is 0 Å². The molecular formula is C18H19N5OS. The minimum atomic E-state index is 0.0191. The highest BCUT2D eigenvalue weighted by molar-refractivity contribution is 7.99. The summed E-state index contributed by atoms with van der Waals surface area (Å²) in [7, 11) is 0. The van der Waals surface area contributed by atoms with E-state index in [1.807, 2.05) is 43.3 Å². The molecule has 3 aromatic rings. The number of carbonyl (C=O) groups excluding carboxylic acids is 1. The van der Waals surface area contributed by atoms with Gasteiger partial charge in [0, 0.05) is 17.0 Å². The summed E-state index contributed by atoms with van der Waals surface area (Å²) in [5.74, 6) is 0.937. The van der Waals surface area contributed by atoms with E-state index in [1.165, 1.54) is 11.2 Å². The molecule has 0 aliphatic heterocycles. The number of benzene rings is 2. The van der Waals surface area contributed by atoms with Gasteiger partial charge >= 0.3 is 0 Å². The quantitative estimate of drug-likeness (QED) is 0.520. The minimum absolute atomic E-state index is 0.0191. The Morgan fingerprint density at radius 3 is 2.76 bits per heavy atom. The van der Waals surface area contributed by atoms with Gasteiger partial charge in [0.05, 0.1) is 5.69 Å². The Morgan fingerprint density at radius 2 is 2.00 bits per heavy atom. The maximum absolute atomic E-state index is 12.2. The highest BCUT2D eigenvalue weighted by atomic mass is 32.2. The molecule has 1 amide bonds. The summed E-state index contributed by atoms with van der Waals surface area (Å²) in [6.07, 6.45) is 2.86. The molecule has 7 heteroatoms. The van der Waals surface area contributed by atoms with Crippen LogP contribution in [0.4, 0.5) is 5.69 Å². The Bertz CT molecular complexity index is 821. The van der Waals surface area contributed by atoms with Crippen molar-refractivity contribution in [3.05, 3.63) is 60.4 Å². The van der Waals surface area contributed by atoms with Crippen LogP contribution in [-0.4, -0.2) is 31.9 Å². The van der Waals surface area contributed by atoms with Gasteiger partial charge < -0.3 is 5.32 Å². The van der Waals surface area contributed by atoms with Crippen molar-refractivity contribution in [3.8, 4) is 5.69 Å². The van der Waals surface area contributed by atoms with Crippen LogP contribution in [0.15, 0.2) is 59.8 Å². The lowest BCUT2D eigenvalue weighted by atomic mass is 10.1. The van der Waals surface area contributed by atoms with Crippen molar-refractivity contribution in [1.82, 2.24) is 20.2 Å². The molecule has 0 aliphatic rings. The van der Waals surface area contributed by atoms with E-state index in [0.717, 1.165) is 29.1 Å². The Hall–Kier alpha value is -2.67. The second kappa shape index (κ2) is 8.43. The second-order valence-electron chi connectivity index (χ2n) is 5.52. The first-order valence-electron chi connectivity index (χ1n) is 8.05. The van der Waals surface area contributed by atoms with Crippen molar-refractivity contribution in [2.45, 2.75) is 24.7 Å². The predicted molar refractivity (Wildman–Crippen MR) is 98.9 cm³/mol. The number of nitrogens with one attached hydrogen (secondary N) is 1. The van der Waals surface area contributed by atoms with Crippen molar-refractivity contribution < 1.29 is 4.79 Å². The lowest BCUT2D eigenvalue weighted by Gasteiger charge is -2.11. The number of anilines is 1. The van der Waals surface area contributed by atoms with Crippen LogP contribution in [0.3, 0.4) is 0 Å². The Kier molecular flexibility index (Phi) is 5.79. The molecule has 0 fully saturated rings. The molecule has 0 atom stereocenters. The van der Waals surface area contributed by atoms with E-state index in [9.17, 15) is 4.79 Å². The molecule has 0 aliphatic carbocycles. The third-order valence-electron chi connectivity index (χ3n) is 3.74. The van der Waals surface area contributed by atoms with Gasteiger partial charge in [-0.25, -0.2) is 4.68 Å². The van der Waals surface area contributed by atoms with E-state index in [0.29, 0.717) is 6.42 Å². The molecule has 3 rings (SSSR count). The number of nitrogens with zero attached hydrogens (tertiary/aromatic N) is 4. The first-order chi connectivity index (χ1) is 12.2. The fourth-order valence-corrected chi connectivity index (χ4v) is 3.30. The van der Waals surface area contributed by atoms with E-state index in [2.05, 4.69) is 33.0 Å². The van der Waals surface area contributed by atoms with E-state index in [1.54, 1.807) is 16.4 Å². The molecule has 0 radical (unpaired) electrons. The fourth-order valence-electron chi connectivity index (χ4n) is 2.43. The average molecular weight is 353 g/mol.